The van der Waals surface area contributed by atoms with Crippen LogP contribution in [0.5, 0.6) is 11.5 Å². The Bertz CT molecular complexity index is 898. The normalized spacial score (nSPS) is 14.5. The van der Waals surface area contributed by atoms with Gasteiger partial charge in [0.25, 0.3) is 0 Å². The maximum atomic E-state index is 13.8. The molecule has 33 heavy (non-hydrogen) atoms. The molecule has 0 aromatic heterocycles. The van der Waals surface area contributed by atoms with Crippen LogP contribution in [0.1, 0.15) is 24.0 Å². The fourth-order valence-corrected chi connectivity index (χ4v) is 3.83. The smallest absolute Gasteiger partial charge is 0.191 e. The number of halogens is 2. The zero-order valence-corrected chi connectivity index (χ0v) is 22.0. The van der Waals surface area contributed by atoms with Crippen LogP contribution in [0.15, 0.2) is 41.4 Å². The first kappa shape index (κ1) is 27.0. The Morgan fingerprint density at radius 3 is 2.30 bits per heavy atom. The first-order valence-corrected chi connectivity index (χ1v) is 10.8. The number of nitrogens with one attached hydrogen (secondary N) is 2. The van der Waals surface area contributed by atoms with Crippen molar-refractivity contribution in [2.45, 2.75) is 32.0 Å². The van der Waals surface area contributed by atoms with E-state index in [-0.39, 0.29) is 36.4 Å². The van der Waals surface area contributed by atoms with Crippen molar-refractivity contribution >= 4 is 35.6 Å². The summed E-state index contributed by atoms with van der Waals surface area (Å²) < 4.78 is 29.7. The molecule has 7 nitrogen and oxygen atoms in total. The molecule has 0 bridgehead atoms. The molecule has 1 fully saturated rings. The lowest BCUT2D eigenvalue weighted by Crippen LogP contribution is -2.48. The molecule has 1 aliphatic heterocycles. The maximum absolute atomic E-state index is 13.8. The third-order valence-electron chi connectivity index (χ3n) is 5.63. The van der Waals surface area contributed by atoms with Crippen LogP contribution in [0.2, 0.25) is 0 Å². The van der Waals surface area contributed by atoms with E-state index in [2.05, 4.69) is 20.5 Å². The van der Waals surface area contributed by atoms with Gasteiger partial charge in [0.15, 0.2) is 5.96 Å². The van der Waals surface area contributed by atoms with Crippen LogP contribution >= 0.6 is 24.0 Å². The zero-order valence-electron chi connectivity index (χ0n) is 19.7. The SMILES string of the molecule is CN=C(NCc1ccc(F)c(COC)c1)NC1CCN(c2cc(OC)cc(OC)c2)CC1.I. The highest BCUT2D eigenvalue weighted by Gasteiger charge is 2.21. The predicted molar refractivity (Wildman–Crippen MR) is 141 cm³/mol. The first-order valence-electron chi connectivity index (χ1n) is 10.8. The third kappa shape index (κ3) is 7.63. The molecule has 3 rings (SSSR count). The van der Waals surface area contributed by atoms with Gasteiger partial charge in [0, 0.05) is 69.3 Å². The number of hydrogen-bond donors (Lipinski definition) is 2. The Hall–Kier alpha value is -2.27. The molecule has 2 N–H and O–H groups in total. The lowest BCUT2D eigenvalue weighted by molar-refractivity contribution is 0.181. The number of piperidine rings is 1. The van der Waals surface area contributed by atoms with Gasteiger partial charge in [0.2, 0.25) is 0 Å². The number of aliphatic imine (C=N–C) groups is 1. The molecule has 2 aromatic rings. The van der Waals surface area contributed by atoms with E-state index < -0.39 is 0 Å². The van der Waals surface area contributed by atoms with Crippen molar-refractivity contribution in [2.75, 3.05) is 46.4 Å². The van der Waals surface area contributed by atoms with Crippen molar-refractivity contribution in [2.24, 2.45) is 4.99 Å². The number of guanidine groups is 1. The fourth-order valence-electron chi connectivity index (χ4n) is 3.83. The van der Waals surface area contributed by atoms with Gasteiger partial charge in [-0.2, -0.15) is 0 Å². The van der Waals surface area contributed by atoms with Crippen molar-refractivity contribution in [1.82, 2.24) is 10.6 Å². The van der Waals surface area contributed by atoms with Crippen LogP contribution in [-0.2, 0) is 17.9 Å². The third-order valence-corrected chi connectivity index (χ3v) is 5.63. The monoisotopic (exact) mass is 572 g/mol. The molecule has 9 heteroatoms. The number of benzene rings is 2. The zero-order chi connectivity index (χ0) is 22.9. The van der Waals surface area contributed by atoms with Gasteiger partial charge in [-0.1, -0.05) is 6.07 Å². The molecular weight excluding hydrogens is 538 g/mol. The molecule has 1 heterocycles. The fraction of sp³-hybridized carbons (Fsp3) is 0.458. The second kappa shape index (κ2) is 13.4. The van der Waals surface area contributed by atoms with Crippen LogP contribution in [-0.4, -0.2) is 53.5 Å². The largest absolute Gasteiger partial charge is 0.497 e. The standard InChI is InChI=1S/C24H33FN4O3.HI/c1-26-24(27-15-17-5-6-23(25)18(11-17)16-30-2)28-19-7-9-29(10-8-19)20-12-21(31-3)14-22(13-20)32-4;/h5-6,11-14,19H,7-10,15-16H2,1-4H3,(H2,26,27,28);1H. The second-order valence-corrected chi connectivity index (χ2v) is 7.76. The van der Waals surface area contributed by atoms with E-state index in [1.165, 1.54) is 6.07 Å². The van der Waals surface area contributed by atoms with Gasteiger partial charge in [0.1, 0.15) is 17.3 Å². The Labute approximate surface area is 212 Å². The molecule has 1 saturated heterocycles. The number of ether oxygens (including phenoxy) is 3. The summed E-state index contributed by atoms with van der Waals surface area (Å²) in [5.41, 5.74) is 2.63. The van der Waals surface area contributed by atoms with Crippen molar-refractivity contribution in [3.63, 3.8) is 0 Å². The first-order chi connectivity index (χ1) is 15.6. The molecule has 0 amide bonds. The van der Waals surface area contributed by atoms with Gasteiger partial charge in [0.05, 0.1) is 20.8 Å². The Kier molecular flexibility index (Phi) is 11.0. The number of methoxy groups -OCH3 is 3. The summed E-state index contributed by atoms with van der Waals surface area (Å²) in [6, 6.07) is 11.4. The van der Waals surface area contributed by atoms with E-state index in [9.17, 15) is 4.39 Å². The average molecular weight is 572 g/mol. The molecule has 0 aliphatic carbocycles. The summed E-state index contributed by atoms with van der Waals surface area (Å²) in [5.74, 6) is 2.07. The van der Waals surface area contributed by atoms with E-state index in [1.807, 2.05) is 24.3 Å². The Morgan fingerprint density at radius 1 is 1.06 bits per heavy atom. The second-order valence-electron chi connectivity index (χ2n) is 7.76. The van der Waals surface area contributed by atoms with Crippen LogP contribution < -0.4 is 25.0 Å². The highest BCUT2D eigenvalue weighted by Crippen LogP contribution is 2.30. The number of rotatable bonds is 8. The highest BCUT2D eigenvalue weighted by atomic mass is 127. The molecule has 0 saturated carbocycles. The Morgan fingerprint density at radius 2 is 1.73 bits per heavy atom. The molecule has 0 unspecified atom stereocenters. The van der Waals surface area contributed by atoms with Gasteiger partial charge in [-0.05, 0) is 30.5 Å². The van der Waals surface area contributed by atoms with Crippen molar-refractivity contribution < 1.29 is 18.6 Å². The van der Waals surface area contributed by atoms with E-state index in [4.69, 9.17) is 14.2 Å². The van der Waals surface area contributed by atoms with Gasteiger partial charge in [-0.25, -0.2) is 4.39 Å². The summed E-state index contributed by atoms with van der Waals surface area (Å²) in [4.78, 5) is 6.69. The van der Waals surface area contributed by atoms with Gasteiger partial charge in [-0.15, -0.1) is 24.0 Å². The van der Waals surface area contributed by atoms with Crippen LogP contribution in [0, 0.1) is 5.82 Å². The minimum Gasteiger partial charge on any atom is -0.497 e. The van der Waals surface area contributed by atoms with Crippen LogP contribution in [0.3, 0.4) is 0 Å². The Balaban J connectivity index is 0.00000385. The van der Waals surface area contributed by atoms with Crippen molar-refractivity contribution in [3.05, 3.63) is 53.3 Å². The minimum atomic E-state index is -0.251. The lowest BCUT2D eigenvalue weighted by atomic mass is 10.0. The molecule has 0 atom stereocenters. The van der Waals surface area contributed by atoms with Gasteiger partial charge >= 0.3 is 0 Å². The predicted octanol–water partition coefficient (Wildman–Crippen LogP) is 3.94. The summed E-state index contributed by atoms with van der Waals surface area (Å²) in [7, 11) is 6.65. The van der Waals surface area contributed by atoms with Crippen LogP contribution in [0.25, 0.3) is 0 Å². The molecule has 2 aromatic carbocycles. The quantitative estimate of drug-likeness (QED) is 0.284. The topological polar surface area (TPSA) is 67.4 Å². The van der Waals surface area contributed by atoms with Crippen molar-refractivity contribution in [3.8, 4) is 11.5 Å². The van der Waals surface area contributed by atoms with E-state index in [0.29, 0.717) is 18.2 Å². The summed E-state index contributed by atoms with van der Waals surface area (Å²) in [6.45, 7) is 2.65. The van der Waals surface area contributed by atoms with Gasteiger partial charge in [-0.3, -0.25) is 4.99 Å². The minimum absolute atomic E-state index is 0. The van der Waals surface area contributed by atoms with Crippen molar-refractivity contribution in [1.29, 1.82) is 0 Å². The molecule has 0 spiro atoms. The van der Waals surface area contributed by atoms with E-state index >= 15 is 0 Å². The summed E-state index contributed by atoms with van der Waals surface area (Å²) in [5, 5.41) is 6.83. The van der Waals surface area contributed by atoms with Crippen LogP contribution in [0.4, 0.5) is 10.1 Å². The highest BCUT2D eigenvalue weighted by molar-refractivity contribution is 14.0. The molecule has 182 valence electrons. The number of hydrogen-bond acceptors (Lipinski definition) is 5. The lowest BCUT2D eigenvalue weighted by Gasteiger charge is -2.34. The molecule has 1 aliphatic rings. The average Bonchev–Trinajstić information content (AvgIpc) is 2.83. The number of nitrogens with zero attached hydrogens (tertiary/aromatic N) is 2. The summed E-state index contributed by atoms with van der Waals surface area (Å²) >= 11 is 0. The number of anilines is 1. The van der Waals surface area contributed by atoms with Gasteiger partial charge < -0.3 is 29.7 Å². The molecular formula is C24H34FIN4O3. The molecule has 0 radical (unpaired) electrons. The van der Waals surface area contributed by atoms with E-state index in [0.717, 1.165) is 54.6 Å². The summed E-state index contributed by atoms with van der Waals surface area (Å²) in [6.07, 6.45) is 1.96. The van der Waals surface area contributed by atoms with E-state index in [1.54, 1.807) is 34.4 Å². The maximum Gasteiger partial charge on any atom is 0.191 e.